The van der Waals surface area contributed by atoms with Crippen LogP contribution < -0.4 is 9.80 Å². The van der Waals surface area contributed by atoms with Crippen LogP contribution in [0.4, 0.5) is 11.4 Å². The normalized spacial score (nSPS) is 13.0. The third kappa shape index (κ3) is 12.7. The van der Waals surface area contributed by atoms with Gasteiger partial charge in [-0.3, -0.25) is 9.98 Å². The standard InChI is InChI=1S/C44H54N4/c1-7-15-37(19-21-39-23-27-43(28-24-39)47(9-3)10-4)31-33-45-35-41-17-13-14-18-42(41)36-46-34-32-38(16-8-2)20-22-40-25-29-44(30-26-40)48(11-5)12-6/h7-8,13-34H,9-12,35-36H2,1-6H3/b15-7-,16-8-,21-19+,22-20+,37-31+,38-32+,45-33+,46-34+. The number of rotatable bonds is 18. The van der Waals surface area contributed by atoms with Crippen molar-refractivity contribution in [2.24, 2.45) is 9.98 Å². The first-order valence-electron chi connectivity index (χ1n) is 17.3. The van der Waals surface area contributed by atoms with Crippen LogP contribution in [-0.4, -0.2) is 38.6 Å². The Kier molecular flexibility index (Phi) is 17.0. The third-order valence-electron chi connectivity index (χ3n) is 8.08. The molecule has 3 aromatic rings. The van der Waals surface area contributed by atoms with Crippen molar-refractivity contribution in [1.29, 1.82) is 0 Å². The van der Waals surface area contributed by atoms with Crippen molar-refractivity contribution < 1.29 is 0 Å². The van der Waals surface area contributed by atoms with Crippen molar-refractivity contribution >= 4 is 36.0 Å². The van der Waals surface area contributed by atoms with Crippen molar-refractivity contribution in [2.75, 3.05) is 36.0 Å². The van der Waals surface area contributed by atoms with Crippen molar-refractivity contribution in [3.63, 3.8) is 0 Å². The molecule has 0 amide bonds. The van der Waals surface area contributed by atoms with E-state index < -0.39 is 0 Å². The van der Waals surface area contributed by atoms with Gasteiger partial charge in [0.05, 0.1) is 13.1 Å². The second-order valence-corrected chi connectivity index (χ2v) is 11.3. The van der Waals surface area contributed by atoms with Crippen molar-refractivity contribution in [3.05, 3.63) is 155 Å². The molecule has 0 spiro atoms. The van der Waals surface area contributed by atoms with E-state index in [1.54, 1.807) is 0 Å². The van der Waals surface area contributed by atoms with Crippen LogP contribution in [0.1, 0.15) is 63.8 Å². The molecule has 3 rings (SSSR count). The lowest BCUT2D eigenvalue weighted by molar-refractivity contribution is 0.866. The predicted octanol–water partition coefficient (Wildman–Crippen LogP) is 11.0. The maximum atomic E-state index is 4.73. The van der Waals surface area contributed by atoms with E-state index in [0.29, 0.717) is 13.1 Å². The van der Waals surface area contributed by atoms with Gasteiger partial charge in [0.1, 0.15) is 0 Å². The molecule has 250 valence electrons. The van der Waals surface area contributed by atoms with Crippen LogP contribution >= 0.6 is 0 Å². The lowest BCUT2D eigenvalue weighted by atomic mass is 10.1. The molecule has 0 aliphatic carbocycles. The average molecular weight is 639 g/mol. The molecule has 0 bridgehead atoms. The Balaban J connectivity index is 1.62. The summed E-state index contributed by atoms with van der Waals surface area (Å²) in [7, 11) is 0. The van der Waals surface area contributed by atoms with E-state index in [4.69, 9.17) is 9.98 Å². The molecule has 0 heterocycles. The summed E-state index contributed by atoms with van der Waals surface area (Å²) in [6, 6.07) is 25.9. The highest BCUT2D eigenvalue weighted by atomic mass is 15.1. The predicted molar refractivity (Wildman–Crippen MR) is 215 cm³/mol. The van der Waals surface area contributed by atoms with Gasteiger partial charge in [-0.05, 0) is 111 Å². The third-order valence-corrected chi connectivity index (χ3v) is 8.08. The molecule has 0 aliphatic rings. The van der Waals surface area contributed by atoms with E-state index in [9.17, 15) is 0 Å². The fourth-order valence-corrected chi connectivity index (χ4v) is 5.32. The maximum Gasteiger partial charge on any atom is 0.0643 e. The summed E-state index contributed by atoms with van der Waals surface area (Å²) in [5.74, 6) is 0. The van der Waals surface area contributed by atoms with E-state index in [1.807, 2.05) is 26.3 Å². The molecule has 0 atom stereocenters. The molecule has 0 radical (unpaired) electrons. The Labute approximate surface area is 290 Å². The molecule has 0 saturated carbocycles. The largest absolute Gasteiger partial charge is 0.372 e. The van der Waals surface area contributed by atoms with Gasteiger partial charge < -0.3 is 9.80 Å². The van der Waals surface area contributed by atoms with E-state index in [1.165, 1.54) is 33.6 Å². The van der Waals surface area contributed by atoms with Gasteiger partial charge in [-0.15, -0.1) is 0 Å². The second kappa shape index (κ2) is 21.8. The molecule has 4 nitrogen and oxygen atoms in total. The summed E-state index contributed by atoms with van der Waals surface area (Å²) in [5, 5.41) is 0. The molecule has 3 aromatic carbocycles. The zero-order chi connectivity index (χ0) is 34.4. The van der Waals surface area contributed by atoms with Crippen LogP contribution in [0.5, 0.6) is 0 Å². The Hall–Kier alpha value is -4.96. The molecule has 0 unspecified atom stereocenters. The smallest absolute Gasteiger partial charge is 0.0643 e. The first-order valence-corrected chi connectivity index (χ1v) is 17.3. The highest BCUT2D eigenvalue weighted by Gasteiger charge is 2.02. The Morgan fingerprint density at radius 3 is 1.23 bits per heavy atom. The fraction of sp³-hybridized carbons (Fsp3) is 0.273. The zero-order valence-electron chi connectivity index (χ0n) is 29.9. The molecule has 4 heteroatoms. The van der Waals surface area contributed by atoms with E-state index in [2.05, 4.69) is 171 Å². The Morgan fingerprint density at radius 2 is 0.896 bits per heavy atom. The maximum absolute atomic E-state index is 4.73. The summed E-state index contributed by atoms with van der Waals surface area (Å²) < 4.78 is 0. The van der Waals surface area contributed by atoms with Crippen molar-refractivity contribution in [2.45, 2.75) is 54.6 Å². The first kappa shape index (κ1) is 37.5. The topological polar surface area (TPSA) is 31.2 Å². The monoisotopic (exact) mass is 638 g/mol. The number of allylic oxidation sites excluding steroid dienone is 10. The Morgan fingerprint density at radius 1 is 0.521 bits per heavy atom. The van der Waals surface area contributed by atoms with Gasteiger partial charge in [0.25, 0.3) is 0 Å². The number of hydrogen-bond acceptors (Lipinski definition) is 4. The molecule has 0 N–H and O–H groups in total. The Bertz CT molecular complexity index is 1480. The minimum atomic E-state index is 0.608. The van der Waals surface area contributed by atoms with Crippen LogP contribution in [0.15, 0.2) is 143 Å². The first-order chi connectivity index (χ1) is 23.5. The number of aliphatic imine (C=N–C) groups is 2. The highest BCUT2D eigenvalue weighted by Crippen LogP contribution is 2.18. The fourth-order valence-electron chi connectivity index (χ4n) is 5.32. The van der Waals surface area contributed by atoms with E-state index >= 15 is 0 Å². The summed E-state index contributed by atoms with van der Waals surface area (Å²) in [6.45, 7) is 18.1. The molecule has 0 aliphatic heterocycles. The highest BCUT2D eigenvalue weighted by molar-refractivity contribution is 5.76. The molecule has 0 aromatic heterocycles. The van der Waals surface area contributed by atoms with Gasteiger partial charge in [-0.25, -0.2) is 0 Å². The molecule has 0 saturated heterocycles. The van der Waals surface area contributed by atoms with Gasteiger partial charge >= 0.3 is 0 Å². The molecule has 0 fully saturated rings. The molecular formula is C44H54N4. The number of nitrogens with zero attached hydrogens (tertiary/aromatic N) is 4. The molecular weight excluding hydrogens is 585 g/mol. The van der Waals surface area contributed by atoms with Gasteiger partial charge in [0.15, 0.2) is 0 Å². The lowest BCUT2D eigenvalue weighted by Gasteiger charge is -2.20. The van der Waals surface area contributed by atoms with Crippen LogP contribution in [0.3, 0.4) is 0 Å². The van der Waals surface area contributed by atoms with Gasteiger partial charge in [-0.1, -0.05) is 97.1 Å². The van der Waals surface area contributed by atoms with Gasteiger partial charge in [0.2, 0.25) is 0 Å². The molecule has 48 heavy (non-hydrogen) atoms. The number of anilines is 2. The SMILES string of the molecule is C\C=C/C(/C=C/c1ccc(N(CC)CC)cc1)=C\C=N\Cc1ccccc1C/N=C/C=C(\C=C/C)/C=C/c1ccc(N(CC)CC)cc1. The minimum Gasteiger partial charge on any atom is -0.372 e. The van der Waals surface area contributed by atoms with Crippen LogP contribution in [0.25, 0.3) is 12.2 Å². The summed E-state index contributed by atoms with van der Waals surface area (Å²) in [5.41, 5.74) is 9.43. The van der Waals surface area contributed by atoms with Crippen LogP contribution in [0.2, 0.25) is 0 Å². The van der Waals surface area contributed by atoms with Gasteiger partial charge in [-0.2, -0.15) is 0 Å². The van der Waals surface area contributed by atoms with E-state index in [-0.39, 0.29) is 0 Å². The average Bonchev–Trinajstić information content (AvgIpc) is 3.12. The van der Waals surface area contributed by atoms with Crippen molar-refractivity contribution in [1.82, 2.24) is 0 Å². The number of hydrogen-bond donors (Lipinski definition) is 0. The lowest BCUT2D eigenvalue weighted by Crippen LogP contribution is -2.21. The summed E-state index contributed by atoms with van der Waals surface area (Å²) in [6.07, 6.45) is 24.8. The van der Waals surface area contributed by atoms with E-state index in [0.717, 1.165) is 37.3 Å². The van der Waals surface area contributed by atoms with Crippen LogP contribution in [0, 0.1) is 0 Å². The second-order valence-electron chi connectivity index (χ2n) is 11.3. The summed E-state index contributed by atoms with van der Waals surface area (Å²) >= 11 is 0. The van der Waals surface area contributed by atoms with Crippen LogP contribution in [-0.2, 0) is 13.1 Å². The van der Waals surface area contributed by atoms with Gasteiger partial charge in [0, 0.05) is 50.0 Å². The zero-order valence-corrected chi connectivity index (χ0v) is 29.9. The summed E-state index contributed by atoms with van der Waals surface area (Å²) in [4.78, 5) is 14.2. The number of benzene rings is 3. The quantitative estimate of drug-likeness (QED) is 0.103. The van der Waals surface area contributed by atoms with Crippen molar-refractivity contribution in [3.8, 4) is 0 Å². The minimum absolute atomic E-state index is 0.608.